The van der Waals surface area contributed by atoms with Crippen molar-refractivity contribution in [2.24, 2.45) is 0 Å². The molecule has 0 atom stereocenters. The van der Waals surface area contributed by atoms with Crippen molar-refractivity contribution in [3.8, 4) is 0 Å². The molecule has 1 heterocycles. The van der Waals surface area contributed by atoms with E-state index < -0.39 is 16.6 Å². The molecule has 1 aromatic carbocycles. The van der Waals surface area contributed by atoms with Crippen LogP contribution < -0.4 is 4.72 Å². The standard InChI is InChI=1S/C14H16BrNO4S/c1-8-4-5-13(12(15)6-8)16-21(18,19)14-10(3)20-9(2)11(14)7-17/h4-6,16-17H,7H2,1-3H3. The predicted molar refractivity (Wildman–Crippen MR) is 83.8 cm³/mol. The number of benzene rings is 1. The van der Waals surface area contributed by atoms with E-state index in [4.69, 9.17) is 4.42 Å². The lowest BCUT2D eigenvalue weighted by Gasteiger charge is -2.11. The molecule has 0 unspecified atom stereocenters. The molecule has 0 bridgehead atoms. The van der Waals surface area contributed by atoms with E-state index in [-0.39, 0.29) is 16.2 Å². The van der Waals surface area contributed by atoms with Crippen LogP contribution in [0.25, 0.3) is 0 Å². The summed E-state index contributed by atoms with van der Waals surface area (Å²) in [6, 6.07) is 5.30. The molecule has 2 aromatic rings. The lowest BCUT2D eigenvalue weighted by atomic mass is 10.2. The van der Waals surface area contributed by atoms with Crippen LogP contribution in [0.3, 0.4) is 0 Å². The first-order valence-corrected chi connectivity index (χ1v) is 8.52. The van der Waals surface area contributed by atoms with Gasteiger partial charge in [0.05, 0.1) is 12.3 Å². The minimum atomic E-state index is -3.84. The van der Waals surface area contributed by atoms with Crippen molar-refractivity contribution in [1.29, 1.82) is 0 Å². The fraction of sp³-hybridized carbons (Fsp3) is 0.286. The zero-order valence-corrected chi connectivity index (χ0v) is 14.3. The monoisotopic (exact) mass is 373 g/mol. The van der Waals surface area contributed by atoms with Gasteiger partial charge in [0.1, 0.15) is 16.4 Å². The fourth-order valence-electron chi connectivity index (χ4n) is 2.14. The first-order valence-electron chi connectivity index (χ1n) is 6.25. The summed E-state index contributed by atoms with van der Waals surface area (Å²) in [5, 5.41) is 9.37. The Bertz CT molecular complexity index is 781. The van der Waals surface area contributed by atoms with Gasteiger partial charge < -0.3 is 9.52 Å². The highest BCUT2D eigenvalue weighted by Crippen LogP contribution is 2.31. The summed E-state index contributed by atoms with van der Waals surface area (Å²) in [5.41, 5.74) is 1.72. The molecule has 2 N–H and O–H groups in total. The van der Waals surface area contributed by atoms with Crippen molar-refractivity contribution in [3.63, 3.8) is 0 Å². The summed E-state index contributed by atoms with van der Waals surface area (Å²) in [6.45, 7) is 4.70. The van der Waals surface area contributed by atoms with Gasteiger partial charge in [-0.1, -0.05) is 6.07 Å². The van der Waals surface area contributed by atoms with E-state index in [2.05, 4.69) is 20.7 Å². The molecule has 1 aromatic heterocycles. The summed E-state index contributed by atoms with van der Waals surface area (Å²) in [7, 11) is -3.84. The van der Waals surface area contributed by atoms with E-state index in [0.29, 0.717) is 15.9 Å². The van der Waals surface area contributed by atoms with Crippen LogP contribution in [-0.2, 0) is 16.6 Å². The Hall–Kier alpha value is -1.31. The molecule has 0 aliphatic rings. The highest BCUT2D eigenvalue weighted by Gasteiger charge is 2.27. The zero-order chi connectivity index (χ0) is 15.8. The van der Waals surface area contributed by atoms with Crippen LogP contribution in [0.4, 0.5) is 5.69 Å². The lowest BCUT2D eigenvalue weighted by molar-refractivity contribution is 0.276. The fourth-order valence-corrected chi connectivity index (χ4v) is 4.39. The Morgan fingerprint density at radius 3 is 2.48 bits per heavy atom. The highest BCUT2D eigenvalue weighted by atomic mass is 79.9. The molecule has 5 nitrogen and oxygen atoms in total. The maximum absolute atomic E-state index is 12.5. The Morgan fingerprint density at radius 2 is 1.90 bits per heavy atom. The average molecular weight is 374 g/mol. The maximum atomic E-state index is 12.5. The highest BCUT2D eigenvalue weighted by molar-refractivity contribution is 9.10. The van der Waals surface area contributed by atoms with Crippen LogP contribution in [0.5, 0.6) is 0 Å². The molecule has 2 rings (SSSR count). The number of rotatable bonds is 4. The molecule has 0 fully saturated rings. The van der Waals surface area contributed by atoms with Crippen LogP contribution >= 0.6 is 15.9 Å². The normalized spacial score (nSPS) is 11.7. The van der Waals surface area contributed by atoms with Crippen LogP contribution in [0.15, 0.2) is 32.0 Å². The number of aliphatic hydroxyl groups is 1. The molecule has 0 aliphatic carbocycles. The van der Waals surface area contributed by atoms with Gasteiger partial charge in [0.2, 0.25) is 0 Å². The van der Waals surface area contributed by atoms with Gasteiger partial charge in [-0.05, 0) is 54.4 Å². The summed E-state index contributed by atoms with van der Waals surface area (Å²) < 4.78 is 33.6. The van der Waals surface area contributed by atoms with E-state index >= 15 is 0 Å². The van der Waals surface area contributed by atoms with Gasteiger partial charge in [-0.25, -0.2) is 8.42 Å². The number of aliphatic hydroxyl groups excluding tert-OH is 1. The van der Waals surface area contributed by atoms with Crippen LogP contribution in [0, 0.1) is 20.8 Å². The molecule has 21 heavy (non-hydrogen) atoms. The molecule has 114 valence electrons. The Kier molecular flexibility index (Phi) is 4.46. The Labute approximate surface area is 132 Å². The van der Waals surface area contributed by atoms with Crippen molar-refractivity contribution in [2.75, 3.05) is 4.72 Å². The number of hydrogen-bond donors (Lipinski definition) is 2. The smallest absolute Gasteiger partial charge is 0.265 e. The second-order valence-electron chi connectivity index (χ2n) is 4.77. The van der Waals surface area contributed by atoms with Gasteiger partial charge in [-0.3, -0.25) is 4.72 Å². The molecular weight excluding hydrogens is 358 g/mol. The van der Waals surface area contributed by atoms with E-state index in [1.165, 1.54) is 0 Å². The second kappa shape index (κ2) is 5.82. The molecule has 0 aliphatic heterocycles. The van der Waals surface area contributed by atoms with E-state index in [1.807, 2.05) is 19.1 Å². The maximum Gasteiger partial charge on any atom is 0.265 e. The van der Waals surface area contributed by atoms with Crippen molar-refractivity contribution in [3.05, 3.63) is 45.3 Å². The number of halogens is 1. The third-order valence-corrected chi connectivity index (χ3v) is 5.34. The summed E-state index contributed by atoms with van der Waals surface area (Å²) in [5.74, 6) is 0.658. The van der Waals surface area contributed by atoms with Gasteiger partial charge in [0.25, 0.3) is 10.0 Å². The summed E-state index contributed by atoms with van der Waals surface area (Å²) in [4.78, 5) is -0.00465. The van der Waals surface area contributed by atoms with Gasteiger partial charge in [0, 0.05) is 10.0 Å². The van der Waals surface area contributed by atoms with Gasteiger partial charge >= 0.3 is 0 Å². The predicted octanol–water partition coefficient (Wildman–Crippen LogP) is 3.26. The lowest BCUT2D eigenvalue weighted by Crippen LogP contribution is -2.15. The number of nitrogens with one attached hydrogen (secondary N) is 1. The van der Waals surface area contributed by atoms with Crippen molar-refractivity contribution in [1.82, 2.24) is 0 Å². The second-order valence-corrected chi connectivity index (χ2v) is 7.24. The Morgan fingerprint density at radius 1 is 1.24 bits per heavy atom. The molecule has 0 spiro atoms. The summed E-state index contributed by atoms with van der Waals surface area (Å²) in [6.07, 6.45) is 0. The van der Waals surface area contributed by atoms with E-state index in [9.17, 15) is 13.5 Å². The van der Waals surface area contributed by atoms with Gasteiger partial charge in [-0.2, -0.15) is 0 Å². The first-order chi connectivity index (χ1) is 9.76. The average Bonchev–Trinajstić information content (AvgIpc) is 2.67. The number of hydrogen-bond acceptors (Lipinski definition) is 4. The Balaban J connectivity index is 2.48. The number of anilines is 1. The van der Waals surface area contributed by atoms with E-state index in [0.717, 1.165) is 5.56 Å². The number of furan rings is 1. The first kappa shape index (κ1) is 16.1. The molecule has 0 saturated carbocycles. The summed E-state index contributed by atoms with van der Waals surface area (Å²) >= 11 is 3.33. The van der Waals surface area contributed by atoms with Crippen molar-refractivity contribution in [2.45, 2.75) is 32.3 Å². The third kappa shape index (κ3) is 3.14. The minimum Gasteiger partial charge on any atom is -0.465 e. The number of aryl methyl sites for hydroxylation is 3. The molecule has 0 radical (unpaired) electrons. The van der Waals surface area contributed by atoms with Crippen LogP contribution in [0.1, 0.15) is 22.6 Å². The molecular formula is C14H16BrNO4S. The SMILES string of the molecule is Cc1ccc(NS(=O)(=O)c2c(C)oc(C)c2CO)c(Br)c1. The third-order valence-electron chi connectivity index (χ3n) is 3.12. The quantitative estimate of drug-likeness (QED) is 0.861. The molecule has 0 saturated heterocycles. The topological polar surface area (TPSA) is 79.5 Å². The van der Waals surface area contributed by atoms with Crippen LogP contribution in [0.2, 0.25) is 0 Å². The van der Waals surface area contributed by atoms with Crippen LogP contribution in [-0.4, -0.2) is 13.5 Å². The van der Waals surface area contributed by atoms with Gasteiger partial charge in [0.15, 0.2) is 0 Å². The zero-order valence-electron chi connectivity index (χ0n) is 11.9. The largest absolute Gasteiger partial charge is 0.465 e. The van der Waals surface area contributed by atoms with Crippen molar-refractivity contribution < 1.29 is 17.9 Å². The molecule has 7 heteroatoms. The van der Waals surface area contributed by atoms with E-state index in [1.54, 1.807) is 19.9 Å². The van der Waals surface area contributed by atoms with Gasteiger partial charge in [-0.15, -0.1) is 0 Å². The molecule has 0 amide bonds. The minimum absolute atomic E-state index is 0.00465. The van der Waals surface area contributed by atoms with Crippen molar-refractivity contribution >= 4 is 31.6 Å². The number of sulfonamides is 1.